The van der Waals surface area contributed by atoms with Crippen LogP contribution in [0.4, 0.5) is 0 Å². The van der Waals surface area contributed by atoms with Crippen LogP contribution < -0.4 is 4.74 Å². The molecule has 0 aliphatic rings. The van der Waals surface area contributed by atoms with Gasteiger partial charge in [-0.3, -0.25) is 0 Å². The summed E-state index contributed by atoms with van der Waals surface area (Å²) < 4.78 is 7.68. The summed E-state index contributed by atoms with van der Waals surface area (Å²) in [5, 5.41) is 0. The maximum absolute atomic E-state index is 5.83. The molecule has 0 N–H and O–H groups in total. The second-order valence-electron chi connectivity index (χ2n) is 4.03. The summed E-state index contributed by atoms with van der Waals surface area (Å²) in [6.45, 7) is 0.650. The molecule has 0 spiro atoms. The van der Waals surface area contributed by atoms with Crippen LogP contribution in [0.5, 0.6) is 5.75 Å². The minimum atomic E-state index is 0.487. The first-order chi connectivity index (χ1) is 9.70. The summed E-state index contributed by atoms with van der Waals surface area (Å²) in [6, 6.07) is 14.3. The van der Waals surface area contributed by atoms with Crippen molar-refractivity contribution in [1.29, 1.82) is 0 Å². The van der Waals surface area contributed by atoms with Crippen LogP contribution in [0.2, 0.25) is 0 Å². The molecule has 2 rings (SSSR count). The molecule has 1 nitrogen and oxygen atoms in total. The fraction of sp³-hybridized carbons (Fsp3) is 0.200. The van der Waals surface area contributed by atoms with Gasteiger partial charge in [-0.1, -0.05) is 18.2 Å². The van der Waals surface area contributed by atoms with Gasteiger partial charge in [0, 0.05) is 16.5 Å². The second-order valence-corrected chi connectivity index (χ2v) is 7.18. The van der Waals surface area contributed by atoms with Gasteiger partial charge in [-0.05, 0) is 61.7 Å². The largest absolute Gasteiger partial charge is 0.490 e. The highest BCUT2D eigenvalue weighted by Gasteiger charge is 2.08. The third-order valence-corrected chi connectivity index (χ3v) is 5.02. The molecule has 0 heterocycles. The summed E-state index contributed by atoms with van der Waals surface area (Å²) in [5.41, 5.74) is 1.05. The number of alkyl halides is 1. The first-order valence-corrected chi connectivity index (χ1v) is 9.16. The molecule has 0 amide bonds. The quantitative estimate of drug-likeness (QED) is 0.306. The summed E-state index contributed by atoms with van der Waals surface area (Å²) in [6.07, 6.45) is 0. The highest BCUT2D eigenvalue weighted by molar-refractivity contribution is 9.11. The van der Waals surface area contributed by atoms with E-state index < -0.39 is 0 Å². The van der Waals surface area contributed by atoms with Gasteiger partial charge in [0.05, 0.1) is 15.6 Å². The number of ether oxygens (including phenoxy) is 1. The average Bonchev–Trinajstić information content (AvgIpc) is 2.46. The Morgan fingerprint density at radius 2 is 1.70 bits per heavy atom. The number of rotatable bonds is 6. The molecule has 0 atom stereocenters. The third-order valence-electron chi connectivity index (χ3n) is 2.55. The first kappa shape index (κ1) is 16.2. The van der Waals surface area contributed by atoms with Crippen molar-refractivity contribution < 1.29 is 4.74 Å². The topological polar surface area (TPSA) is 9.23 Å². The van der Waals surface area contributed by atoms with Crippen molar-refractivity contribution in [2.24, 2.45) is 0 Å². The third kappa shape index (κ3) is 4.69. The van der Waals surface area contributed by atoms with Crippen LogP contribution in [0.15, 0.2) is 56.3 Å². The van der Waals surface area contributed by atoms with Gasteiger partial charge in [0.25, 0.3) is 0 Å². The normalized spacial score (nSPS) is 10.6. The summed E-state index contributed by atoms with van der Waals surface area (Å²) >= 11 is 14.6. The van der Waals surface area contributed by atoms with Gasteiger partial charge in [-0.15, -0.1) is 23.4 Å². The molecule has 106 valence electrons. The predicted molar refractivity (Wildman–Crippen MR) is 94.1 cm³/mol. The van der Waals surface area contributed by atoms with Crippen LogP contribution in [0.1, 0.15) is 5.56 Å². The van der Waals surface area contributed by atoms with Gasteiger partial charge in [0.2, 0.25) is 0 Å². The summed E-state index contributed by atoms with van der Waals surface area (Å²) in [4.78, 5) is 1.26. The fourth-order valence-corrected chi connectivity index (χ4v) is 4.06. The number of halogens is 3. The van der Waals surface area contributed by atoms with E-state index in [0.29, 0.717) is 12.5 Å². The van der Waals surface area contributed by atoms with Crippen molar-refractivity contribution in [2.45, 2.75) is 10.8 Å². The Morgan fingerprint density at radius 1 is 1.05 bits per heavy atom. The van der Waals surface area contributed by atoms with E-state index in [1.807, 2.05) is 30.3 Å². The zero-order valence-corrected chi connectivity index (χ0v) is 15.4. The van der Waals surface area contributed by atoms with E-state index >= 15 is 0 Å². The smallest absolute Gasteiger partial charge is 0.147 e. The van der Waals surface area contributed by atoms with E-state index in [-0.39, 0.29) is 0 Å². The maximum atomic E-state index is 5.83. The van der Waals surface area contributed by atoms with E-state index in [0.717, 1.165) is 26.0 Å². The Bertz CT molecular complexity index is 540. The van der Waals surface area contributed by atoms with E-state index in [2.05, 4.69) is 44.0 Å². The van der Waals surface area contributed by atoms with Gasteiger partial charge in [0.15, 0.2) is 0 Å². The molecule has 0 aromatic heterocycles. The lowest BCUT2D eigenvalue weighted by atomic mass is 10.2. The SMILES string of the molecule is ClCc1cc(Br)c(OCCSc2ccccc2)c(Br)c1. The van der Waals surface area contributed by atoms with E-state index in [4.69, 9.17) is 16.3 Å². The number of benzene rings is 2. The maximum Gasteiger partial charge on any atom is 0.147 e. The lowest BCUT2D eigenvalue weighted by Gasteiger charge is -2.11. The van der Waals surface area contributed by atoms with Crippen LogP contribution in [-0.4, -0.2) is 12.4 Å². The number of hydrogen-bond donors (Lipinski definition) is 0. The Morgan fingerprint density at radius 3 is 2.30 bits per heavy atom. The molecule has 0 radical (unpaired) electrons. The molecule has 0 saturated carbocycles. The van der Waals surface area contributed by atoms with E-state index in [9.17, 15) is 0 Å². The Hall–Kier alpha value is -0.160. The Labute approximate surface area is 145 Å². The van der Waals surface area contributed by atoms with Crippen LogP contribution in [0, 0.1) is 0 Å². The second kappa shape index (κ2) is 8.32. The van der Waals surface area contributed by atoms with E-state index in [1.54, 1.807) is 11.8 Å². The van der Waals surface area contributed by atoms with Crippen LogP contribution in [-0.2, 0) is 5.88 Å². The molecular formula is C15H13Br2ClOS. The fourth-order valence-electron chi connectivity index (χ4n) is 1.65. The molecule has 0 aliphatic carbocycles. The Kier molecular flexibility index (Phi) is 6.75. The highest BCUT2D eigenvalue weighted by atomic mass is 79.9. The predicted octanol–water partition coefficient (Wildman–Crippen LogP) is 6.12. The van der Waals surface area contributed by atoms with E-state index in [1.165, 1.54) is 4.90 Å². The molecular weight excluding hydrogens is 423 g/mol. The number of thioether (sulfide) groups is 1. The van der Waals surface area contributed by atoms with Gasteiger partial charge < -0.3 is 4.74 Å². The van der Waals surface area contributed by atoms with Crippen molar-refractivity contribution in [3.63, 3.8) is 0 Å². The lowest BCUT2D eigenvalue weighted by molar-refractivity contribution is 0.339. The minimum Gasteiger partial charge on any atom is -0.490 e. The Balaban J connectivity index is 1.88. The van der Waals surface area contributed by atoms with Crippen molar-refractivity contribution in [3.8, 4) is 5.75 Å². The highest BCUT2D eigenvalue weighted by Crippen LogP contribution is 2.35. The van der Waals surface area contributed by atoms with Crippen LogP contribution in [0.3, 0.4) is 0 Å². The molecule has 2 aromatic carbocycles. The van der Waals surface area contributed by atoms with Gasteiger partial charge in [-0.25, -0.2) is 0 Å². The molecule has 0 bridgehead atoms. The van der Waals surface area contributed by atoms with Crippen molar-refractivity contribution >= 4 is 55.2 Å². The zero-order valence-electron chi connectivity index (χ0n) is 10.6. The van der Waals surface area contributed by atoms with Crippen LogP contribution >= 0.6 is 55.2 Å². The minimum absolute atomic E-state index is 0.487. The molecule has 2 aromatic rings. The van der Waals surface area contributed by atoms with Crippen molar-refractivity contribution in [3.05, 3.63) is 57.0 Å². The van der Waals surface area contributed by atoms with Crippen molar-refractivity contribution in [1.82, 2.24) is 0 Å². The van der Waals surface area contributed by atoms with Crippen molar-refractivity contribution in [2.75, 3.05) is 12.4 Å². The van der Waals surface area contributed by atoms with Crippen LogP contribution in [0.25, 0.3) is 0 Å². The molecule has 5 heteroatoms. The zero-order chi connectivity index (χ0) is 14.4. The molecule has 0 saturated heterocycles. The lowest BCUT2D eigenvalue weighted by Crippen LogP contribution is -2.01. The number of hydrogen-bond acceptors (Lipinski definition) is 2. The van der Waals surface area contributed by atoms with Gasteiger partial charge >= 0.3 is 0 Å². The standard InChI is InChI=1S/C15H13Br2ClOS/c16-13-8-11(10-18)9-14(17)15(13)19-6-7-20-12-4-2-1-3-5-12/h1-5,8-9H,6-7,10H2. The van der Waals surface area contributed by atoms with Gasteiger partial charge in [-0.2, -0.15) is 0 Å². The van der Waals surface area contributed by atoms with Gasteiger partial charge in [0.1, 0.15) is 5.75 Å². The average molecular weight is 437 g/mol. The molecule has 20 heavy (non-hydrogen) atoms. The first-order valence-electron chi connectivity index (χ1n) is 6.05. The molecule has 0 unspecified atom stereocenters. The molecule has 0 aliphatic heterocycles. The molecule has 0 fully saturated rings. The summed E-state index contributed by atoms with van der Waals surface area (Å²) in [7, 11) is 0. The summed E-state index contributed by atoms with van der Waals surface area (Å²) in [5.74, 6) is 2.22. The monoisotopic (exact) mass is 434 g/mol.